The predicted octanol–water partition coefficient (Wildman–Crippen LogP) is 2.46. The van der Waals surface area contributed by atoms with Crippen LogP contribution in [0.2, 0.25) is 0 Å². The fourth-order valence-corrected chi connectivity index (χ4v) is 4.01. The molecule has 0 aromatic heterocycles. The van der Waals surface area contributed by atoms with Gasteiger partial charge in [0.25, 0.3) is 15.9 Å². The van der Waals surface area contributed by atoms with Crippen LogP contribution in [-0.2, 0) is 14.8 Å². The summed E-state index contributed by atoms with van der Waals surface area (Å²) >= 11 is 0. The Labute approximate surface area is 141 Å². The molecule has 3 rings (SSSR count). The number of hydrogen-bond acceptors (Lipinski definition) is 4. The standard InChI is InChI=1S/C17H18N2O4S/c1-11-5-4-6-13(7-11)19(3)24(21,22)16-9-15-14(8-12(16)2)18-17(20)10-23-15/h4-9H,10H2,1-3H3,(H,18,20). The summed E-state index contributed by atoms with van der Waals surface area (Å²) in [6, 6.07) is 10.4. The second kappa shape index (κ2) is 5.83. The maximum atomic E-state index is 13.0. The van der Waals surface area contributed by atoms with Crippen molar-refractivity contribution in [2.45, 2.75) is 18.7 Å². The first-order valence-corrected chi connectivity index (χ1v) is 8.86. The summed E-state index contributed by atoms with van der Waals surface area (Å²) in [5, 5.41) is 2.68. The molecule has 0 aliphatic carbocycles. The normalized spacial score (nSPS) is 13.7. The average molecular weight is 346 g/mol. The fraction of sp³-hybridized carbons (Fsp3) is 0.235. The van der Waals surface area contributed by atoms with Crippen molar-refractivity contribution >= 4 is 27.3 Å². The highest BCUT2D eigenvalue weighted by Gasteiger charge is 2.27. The van der Waals surface area contributed by atoms with Crippen molar-refractivity contribution in [3.05, 3.63) is 47.5 Å². The van der Waals surface area contributed by atoms with Crippen LogP contribution in [0.5, 0.6) is 5.75 Å². The molecular weight excluding hydrogens is 328 g/mol. The molecule has 2 aromatic carbocycles. The lowest BCUT2D eigenvalue weighted by atomic mass is 10.2. The van der Waals surface area contributed by atoms with Gasteiger partial charge in [-0.25, -0.2) is 8.42 Å². The molecule has 126 valence electrons. The van der Waals surface area contributed by atoms with Crippen LogP contribution >= 0.6 is 0 Å². The maximum absolute atomic E-state index is 13.0. The fourth-order valence-electron chi connectivity index (χ4n) is 2.60. The molecule has 0 atom stereocenters. The number of carbonyl (C=O) groups excluding carboxylic acids is 1. The monoisotopic (exact) mass is 346 g/mol. The molecule has 0 bridgehead atoms. The quantitative estimate of drug-likeness (QED) is 0.926. The number of sulfonamides is 1. The van der Waals surface area contributed by atoms with E-state index in [-0.39, 0.29) is 17.4 Å². The number of nitrogens with one attached hydrogen (secondary N) is 1. The van der Waals surface area contributed by atoms with Gasteiger partial charge in [0.1, 0.15) is 5.75 Å². The van der Waals surface area contributed by atoms with Crippen molar-refractivity contribution in [2.24, 2.45) is 0 Å². The van der Waals surface area contributed by atoms with Gasteiger partial charge in [-0.05, 0) is 43.2 Å². The number of fused-ring (bicyclic) bond motifs is 1. The molecule has 0 fully saturated rings. The molecule has 1 N–H and O–H groups in total. The summed E-state index contributed by atoms with van der Waals surface area (Å²) in [6.45, 7) is 3.48. The van der Waals surface area contributed by atoms with Crippen molar-refractivity contribution in [2.75, 3.05) is 23.3 Å². The molecule has 1 heterocycles. The molecule has 1 aliphatic rings. The molecule has 2 aromatic rings. The van der Waals surface area contributed by atoms with Crippen molar-refractivity contribution in [3.8, 4) is 5.75 Å². The number of ether oxygens (including phenoxy) is 1. The molecule has 0 saturated heterocycles. The summed E-state index contributed by atoms with van der Waals surface area (Å²) in [5.74, 6) is 0.103. The highest BCUT2D eigenvalue weighted by Crippen LogP contribution is 2.34. The van der Waals surface area contributed by atoms with Crippen LogP contribution in [-0.4, -0.2) is 28.0 Å². The lowest BCUT2D eigenvalue weighted by Gasteiger charge is -2.24. The Morgan fingerprint density at radius 1 is 1.17 bits per heavy atom. The lowest BCUT2D eigenvalue weighted by Crippen LogP contribution is -2.29. The first-order chi connectivity index (χ1) is 11.3. The Morgan fingerprint density at radius 3 is 2.62 bits per heavy atom. The second-order valence-corrected chi connectivity index (χ2v) is 7.70. The van der Waals surface area contributed by atoms with E-state index in [4.69, 9.17) is 4.74 Å². The number of hydrogen-bond donors (Lipinski definition) is 1. The molecule has 0 radical (unpaired) electrons. The van der Waals surface area contributed by atoms with E-state index >= 15 is 0 Å². The zero-order valence-corrected chi connectivity index (χ0v) is 14.5. The molecular formula is C17H18N2O4S. The van der Waals surface area contributed by atoms with Gasteiger partial charge in [0.05, 0.1) is 16.3 Å². The van der Waals surface area contributed by atoms with E-state index in [2.05, 4.69) is 5.32 Å². The number of nitrogens with zero attached hydrogens (tertiary/aromatic N) is 1. The zero-order chi connectivity index (χ0) is 17.5. The summed E-state index contributed by atoms with van der Waals surface area (Å²) in [5.41, 5.74) is 2.59. The van der Waals surface area contributed by atoms with E-state index in [1.54, 1.807) is 19.1 Å². The van der Waals surface area contributed by atoms with E-state index in [1.807, 2.05) is 25.1 Å². The summed E-state index contributed by atoms with van der Waals surface area (Å²) < 4.78 is 32.6. The number of aryl methyl sites for hydroxylation is 2. The Hall–Kier alpha value is -2.54. The van der Waals surface area contributed by atoms with Crippen LogP contribution < -0.4 is 14.4 Å². The minimum absolute atomic E-state index is 0.122. The van der Waals surface area contributed by atoms with Crippen molar-refractivity contribution in [1.82, 2.24) is 0 Å². The number of rotatable bonds is 3. The minimum atomic E-state index is -3.75. The van der Waals surface area contributed by atoms with E-state index in [0.717, 1.165) is 5.56 Å². The lowest BCUT2D eigenvalue weighted by molar-refractivity contribution is -0.118. The van der Waals surface area contributed by atoms with Crippen LogP contribution in [0.4, 0.5) is 11.4 Å². The van der Waals surface area contributed by atoms with Gasteiger partial charge in [-0.3, -0.25) is 9.10 Å². The average Bonchev–Trinajstić information content (AvgIpc) is 2.53. The Kier molecular flexibility index (Phi) is 3.96. The second-order valence-electron chi connectivity index (χ2n) is 5.76. The van der Waals surface area contributed by atoms with E-state index in [0.29, 0.717) is 22.7 Å². The smallest absolute Gasteiger partial charge is 0.264 e. The number of anilines is 2. The maximum Gasteiger partial charge on any atom is 0.264 e. The van der Waals surface area contributed by atoms with Crippen LogP contribution in [0.25, 0.3) is 0 Å². The van der Waals surface area contributed by atoms with Gasteiger partial charge in [-0.1, -0.05) is 12.1 Å². The minimum Gasteiger partial charge on any atom is -0.482 e. The van der Waals surface area contributed by atoms with Gasteiger partial charge in [0.15, 0.2) is 6.61 Å². The molecule has 7 heteroatoms. The predicted molar refractivity (Wildman–Crippen MR) is 92.1 cm³/mol. The van der Waals surface area contributed by atoms with Crippen LogP contribution in [0.3, 0.4) is 0 Å². The van der Waals surface area contributed by atoms with Gasteiger partial charge >= 0.3 is 0 Å². The van der Waals surface area contributed by atoms with Crippen LogP contribution in [0.15, 0.2) is 41.3 Å². The number of carbonyl (C=O) groups is 1. The number of benzene rings is 2. The Balaban J connectivity index is 2.05. The molecule has 0 unspecified atom stereocenters. The van der Waals surface area contributed by atoms with Crippen molar-refractivity contribution in [1.29, 1.82) is 0 Å². The van der Waals surface area contributed by atoms with E-state index < -0.39 is 10.0 Å². The summed E-state index contributed by atoms with van der Waals surface area (Å²) in [6.07, 6.45) is 0. The summed E-state index contributed by atoms with van der Waals surface area (Å²) in [7, 11) is -2.23. The highest BCUT2D eigenvalue weighted by molar-refractivity contribution is 7.92. The molecule has 6 nitrogen and oxygen atoms in total. The third-order valence-corrected chi connectivity index (χ3v) is 5.84. The first-order valence-electron chi connectivity index (χ1n) is 7.42. The van der Waals surface area contributed by atoms with Crippen LogP contribution in [0, 0.1) is 13.8 Å². The first kappa shape index (κ1) is 16.3. The van der Waals surface area contributed by atoms with Crippen molar-refractivity contribution in [3.63, 3.8) is 0 Å². The summed E-state index contributed by atoms with van der Waals surface area (Å²) in [4.78, 5) is 11.5. The molecule has 0 spiro atoms. The van der Waals surface area contributed by atoms with E-state index in [1.165, 1.54) is 17.4 Å². The molecule has 1 aliphatic heterocycles. The molecule has 1 amide bonds. The van der Waals surface area contributed by atoms with E-state index in [9.17, 15) is 13.2 Å². The SMILES string of the molecule is Cc1cccc(N(C)S(=O)(=O)c2cc3c(cc2C)NC(=O)CO3)c1. The van der Waals surface area contributed by atoms with Crippen molar-refractivity contribution < 1.29 is 17.9 Å². The largest absolute Gasteiger partial charge is 0.482 e. The third kappa shape index (κ3) is 2.82. The molecule has 24 heavy (non-hydrogen) atoms. The van der Waals surface area contributed by atoms with Gasteiger partial charge < -0.3 is 10.1 Å². The van der Waals surface area contributed by atoms with Crippen LogP contribution in [0.1, 0.15) is 11.1 Å². The van der Waals surface area contributed by atoms with Gasteiger partial charge in [0, 0.05) is 13.1 Å². The Morgan fingerprint density at radius 2 is 1.92 bits per heavy atom. The zero-order valence-electron chi connectivity index (χ0n) is 13.7. The van der Waals surface area contributed by atoms with Gasteiger partial charge in [-0.15, -0.1) is 0 Å². The highest BCUT2D eigenvalue weighted by atomic mass is 32.2. The van der Waals surface area contributed by atoms with Gasteiger partial charge in [-0.2, -0.15) is 0 Å². The number of amides is 1. The third-order valence-electron chi connectivity index (χ3n) is 3.91. The topological polar surface area (TPSA) is 75.7 Å². The van der Waals surface area contributed by atoms with Gasteiger partial charge in [0.2, 0.25) is 0 Å². The molecule has 0 saturated carbocycles. The Bertz CT molecular complexity index is 922.